The summed E-state index contributed by atoms with van der Waals surface area (Å²) in [5.74, 6) is 3.06. The molecule has 1 aliphatic heterocycles. The summed E-state index contributed by atoms with van der Waals surface area (Å²) in [4.78, 5) is 9.23. The lowest BCUT2D eigenvalue weighted by molar-refractivity contribution is 0.483. The average molecular weight is 371 g/mol. The smallest absolute Gasteiger partial charge is 0.150 e. The van der Waals surface area contributed by atoms with E-state index in [0.717, 1.165) is 53.5 Å². The zero-order valence-electron chi connectivity index (χ0n) is 15.4. The molecule has 2 aromatic carbocycles. The Bertz CT molecular complexity index is 1100. The van der Waals surface area contributed by atoms with Crippen LogP contribution < -0.4 is 15.8 Å². The molecule has 140 valence electrons. The molecule has 1 fully saturated rings. The van der Waals surface area contributed by atoms with Gasteiger partial charge in [0.05, 0.1) is 6.04 Å². The summed E-state index contributed by atoms with van der Waals surface area (Å²) in [6.07, 6.45) is 5.89. The summed E-state index contributed by atoms with van der Waals surface area (Å²) in [7, 11) is 0. The van der Waals surface area contributed by atoms with E-state index in [0.29, 0.717) is 5.82 Å². The van der Waals surface area contributed by atoms with E-state index in [4.69, 9.17) is 15.5 Å². The summed E-state index contributed by atoms with van der Waals surface area (Å²) in [6.45, 7) is 1.01. The van der Waals surface area contributed by atoms with Crippen molar-refractivity contribution in [3.05, 3.63) is 72.8 Å². The van der Waals surface area contributed by atoms with Crippen molar-refractivity contribution in [2.24, 2.45) is 0 Å². The van der Waals surface area contributed by atoms with Crippen molar-refractivity contribution in [1.82, 2.24) is 19.7 Å². The number of benzene rings is 2. The van der Waals surface area contributed by atoms with Crippen LogP contribution in [0, 0.1) is 0 Å². The van der Waals surface area contributed by atoms with Gasteiger partial charge >= 0.3 is 0 Å². The molecule has 0 bridgehead atoms. The summed E-state index contributed by atoms with van der Waals surface area (Å²) in [6, 6.07) is 17.9. The fourth-order valence-corrected chi connectivity index (χ4v) is 3.74. The van der Waals surface area contributed by atoms with E-state index in [1.165, 1.54) is 0 Å². The van der Waals surface area contributed by atoms with Crippen LogP contribution in [0.5, 0.6) is 11.5 Å². The van der Waals surface area contributed by atoms with Crippen molar-refractivity contribution in [3.63, 3.8) is 0 Å². The maximum absolute atomic E-state index is 6.22. The molecule has 3 heterocycles. The minimum atomic E-state index is 0.240. The van der Waals surface area contributed by atoms with Gasteiger partial charge in [0, 0.05) is 18.0 Å². The van der Waals surface area contributed by atoms with Gasteiger partial charge in [0.1, 0.15) is 34.4 Å². The zero-order valence-corrected chi connectivity index (χ0v) is 15.4. The van der Waals surface area contributed by atoms with Gasteiger partial charge in [0.15, 0.2) is 0 Å². The number of hydrogen-bond acceptors (Lipinski definition) is 5. The highest BCUT2D eigenvalue weighted by Crippen LogP contribution is 2.33. The van der Waals surface area contributed by atoms with Gasteiger partial charge in [-0.15, -0.1) is 0 Å². The summed E-state index contributed by atoms with van der Waals surface area (Å²) in [5, 5.41) is 3.52. The third-order valence-electron chi connectivity index (χ3n) is 5.09. The molecule has 0 amide bonds. The number of nitrogens with zero attached hydrogens (tertiary/aromatic N) is 3. The number of imidazole rings is 1. The lowest BCUT2D eigenvalue weighted by Gasteiger charge is -2.08. The second kappa shape index (κ2) is 6.98. The van der Waals surface area contributed by atoms with Crippen LogP contribution in [0.3, 0.4) is 0 Å². The Morgan fingerprint density at radius 2 is 1.82 bits per heavy atom. The normalized spacial score (nSPS) is 16.5. The second-order valence-electron chi connectivity index (χ2n) is 6.94. The monoisotopic (exact) mass is 371 g/mol. The van der Waals surface area contributed by atoms with Crippen LogP contribution in [0.2, 0.25) is 0 Å². The highest BCUT2D eigenvalue weighted by molar-refractivity contribution is 5.85. The van der Waals surface area contributed by atoms with Gasteiger partial charge in [0.25, 0.3) is 0 Å². The van der Waals surface area contributed by atoms with Gasteiger partial charge in [0.2, 0.25) is 0 Å². The van der Waals surface area contributed by atoms with Gasteiger partial charge in [-0.05, 0) is 55.8 Å². The number of ether oxygens (including phenoxy) is 1. The van der Waals surface area contributed by atoms with Crippen molar-refractivity contribution < 1.29 is 4.74 Å². The number of fused-ring (bicyclic) bond motifs is 1. The Kier molecular flexibility index (Phi) is 4.18. The molecule has 1 aliphatic rings. The Balaban J connectivity index is 1.53. The minimum Gasteiger partial charge on any atom is -0.457 e. The maximum atomic E-state index is 6.22. The maximum Gasteiger partial charge on any atom is 0.150 e. The van der Waals surface area contributed by atoms with Crippen LogP contribution in [0.15, 0.2) is 67.0 Å². The number of nitrogens with one attached hydrogen (secondary N) is 1. The molecule has 1 atom stereocenters. The Morgan fingerprint density at radius 3 is 2.57 bits per heavy atom. The van der Waals surface area contributed by atoms with Crippen LogP contribution in [0.4, 0.5) is 5.82 Å². The molecule has 0 radical (unpaired) electrons. The highest BCUT2D eigenvalue weighted by Gasteiger charge is 2.24. The fourth-order valence-electron chi connectivity index (χ4n) is 3.74. The first-order chi connectivity index (χ1) is 13.8. The molecular weight excluding hydrogens is 350 g/mol. The van der Waals surface area contributed by atoms with E-state index >= 15 is 0 Å². The minimum absolute atomic E-state index is 0.240. The molecular formula is C22H21N5O. The van der Waals surface area contributed by atoms with Crippen LogP contribution in [0.1, 0.15) is 24.7 Å². The third-order valence-corrected chi connectivity index (χ3v) is 5.09. The van der Waals surface area contributed by atoms with Gasteiger partial charge in [-0.25, -0.2) is 9.97 Å². The molecule has 3 N–H and O–H groups in total. The molecule has 0 spiro atoms. The molecule has 4 aromatic rings. The lowest BCUT2D eigenvalue weighted by Crippen LogP contribution is -2.15. The SMILES string of the molecule is Nc1nccn2c(C3CCCN3)nc(-c3ccc(Oc4ccccc4)cc3)c12. The standard InChI is InChI=1S/C22H21N5O/c23-21-20-19(26-22(18-7-4-12-24-18)27(20)14-13-25-21)15-8-10-17(11-9-15)28-16-5-2-1-3-6-16/h1-3,5-6,8-11,13-14,18,24H,4,7,12H2,(H2,23,25). The van der Waals surface area contributed by atoms with Gasteiger partial charge in [-0.3, -0.25) is 4.40 Å². The Morgan fingerprint density at radius 1 is 1.04 bits per heavy atom. The van der Waals surface area contributed by atoms with E-state index < -0.39 is 0 Å². The first kappa shape index (κ1) is 16.8. The van der Waals surface area contributed by atoms with Crippen LogP contribution in [-0.4, -0.2) is 20.9 Å². The largest absolute Gasteiger partial charge is 0.457 e. The average Bonchev–Trinajstić information content (AvgIpc) is 3.38. The number of rotatable bonds is 4. The molecule has 1 unspecified atom stereocenters. The number of anilines is 1. The Labute approximate surface area is 163 Å². The van der Waals surface area contributed by atoms with Crippen molar-refractivity contribution in [1.29, 1.82) is 0 Å². The lowest BCUT2D eigenvalue weighted by atomic mass is 10.1. The number of hydrogen-bond donors (Lipinski definition) is 2. The predicted molar refractivity (Wildman–Crippen MR) is 109 cm³/mol. The van der Waals surface area contributed by atoms with Crippen LogP contribution in [-0.2, 0) is 0 Å². The molecule has 28 heavy (non-hydrogen) atoms. The molecule has 2 aromatic heterocycles. The van der Waals surface area contributed by atoms with E-state index in [2.05, 4.69) is 14.7 Å². The molecule has 6 nitrogen and oxygen atoms in total. The van der Waals surface area contributed by atoms with Crippen molar-refractivity contribution in [2.45, 2.75) is 18.9 Å². The first-order valence-corrected chi connectivity index (χ1v) is 9.49. The molecule has 0 aliphatic carbocycles. The highest BCUT2D eigenvalue weighted by atomic mass is 16.5. The Hall–Kier alpha value is -3.38. The second-order valence-corrected chi connectivity index (χ2v) is 6.94. The van der Waals surface area contributed by atoms with Gasteiger partial charge in [-0.1, -0.05) is 18.2 Å². The van der Waals surface area contributed by atoms with Gasteiger partial charge < -0.3 is 15.8 Å². The number of aromatic nitrogens is 3. The molecule has 0 saturated carbocycles. The van der Waals surface area contributed by atoms with E-state index in [1.807, 2.05) is 60.8 Å². The summed E-state index contributed by atoms with van der Waals surface area (Å²) >= 11 is 0. The van der Waals surface area contributed by atoms with Crippen LogP contribution in [0.25, 0.3) is 16.8 Å². The number of nitrogens with two attached hydrogens (primary N) is 1. The predicted octanol–water partition coefficient (Wildman–Crippen LogP) is 4.20. The van der Waals surface area contributed by atoms with E-state index in [-0.39, 0.29) is 6.04 Å². The quantitative estimate of drug-likeness (QED) is 0.562. The molecule has 6 heteroatoms. The fraction of sp³-hybridized carbons (Fsp3) is 0.182. The molecule has 1 saturated heterocycles. The number of para-hydroxylation sites is 1. The summed E-state index contributed by atoms with van der Waals surface area (Å²) in [5.41, 5.74) is 8.91. The first-order valence-electron chi connectivity index (χ1n) is 9.49. The number of nitrogen functional groups attached to an aromatic ring is 1. The van der Waals surface area contributed by atoms with Crippen molar-refractivity contribution >= 4 is 11.3 Å². The summed E-state index contributed by atoms with van der Waals surface area (Å²) < 4.78 is 7.96. The van der Waals surface area contributed by atoms with Crippen molar-refractivity contribution in [3.8, 4) is 22.8 Å². The molecule has 5 rings (SSSR count). The van der Waals surface area contributed by atoms with E-state index in [1.54, 1.807) is 6.20 Å². The zero-order chi connectivity index (χ0) is 18.9. The van der Waals surface area contributed by atoms with Crippen LogP contribution >= 0.6 is 0 Å². The van der Waals surface area contributed by atoms with Gasteiger partial charge in [-0.2, -0.15) is 0 Å². The van der Waals surface area contributed by atoms with E-state index in [9.17, 15) is 0 Å². The van der Waals surface area contributed by atoms with Crippen molar-refractivity contribution in [2.75, 3.05) is 12.3 Å². The third kappa shape index (κ3) is 2.97. The topological polar surface area (TPSA) is 77.5 Å².